The highest BCUT2D eigenvalue weighted by Crippen LogP contribution is 2.22. The van der Waals surface area contributed by atoms with Crippen LogP contribution in [0.15, 0.2) is 57.9 Å². The lowest BCUT2D eigenvalue weighted by atomic mass is 10.2. The number of rotatable bonds is 4. The molecule has 1 fully saturated rings. The van der Waals surface area contributed by atoms with E-state index >= 15 is 0 Å². The van der Waals surface area contributed by atoms with E-state index in [0.717, 1.165) is 4.47 Å². The molecule has 0 spiro atoms. The van der Waals surface area contributed by atoms with E-state index in [1.807, 2.05) is 26.0 Å². The SMILES string of the molecule is CC1CN(S(=O)(=O)c2cccc(C(=O)Nc3ccc(Br)cc3)c2)CC(C)O1. The van der Waals surface area contributed by atoms with Crippen molar-refractivity contribution in [2.24, 2.45) is 0 Å². The molecule has 2 aromatic rings. The average molecular weight is 453 g/mol. The highest BCUT2D eigenvalue weighted by atomic mass is 79.9. The van der Waals surface area contributed by atoms with Crippen molar-refractivity contribution < 1.29 is 17.9 Å². The van der Waals surface area contributed by atoms with Crippen molar-refractivity contribution in [3.05, 3.63) is 58.6 Å². The zero-order valence-corrected chi connectivity index (χ0v) is 17.5. The lowest BCUT2D eigenvalue weighted by molar-refractivity contribution is -0.0440. The summed E-state index contributed by atoms with van der Waals surface area (Å²) in [6.07, 6.45) is -0.347. The molecular weight excluding hydrogens is 432 g/mol. The molecule has 27 heavy (non-hydrogen) atoms. The number of carbonyl (C=O) groups is 1. The Hall–Kier alpha value is -1.74. The van der Waals surface area contributed by atoms with Crippen molar-refractivity contribution in [1.82, 2.24) is 4.31 Å². The van der Waals surface area contributed by atoms with Crippen LogP contribution >= 0.6 is 15.9 Å². The molecule has 0 bridgehead atoms. The molecule has 1 aliphatic rings. The second-order valence-corrected chi connectivity index (χ2v) is 9.42. The van der Waals surface area contributed by atoms with Crippen LogP contribution in [-0.4, -0.2) is 43.9 Å². The number of nitrogens with one attached hydrogen (secondary N) is 1. The summed E-state index contributed by atoms with van der Waals surface area (Å²) in [6.45, 7) is 4.28. The van der Waals surface area contributed by atoms with Gasteiger partial charge in [0.25, 0.3) is 5.91 Å². The van der Waals surface area contributed by atoms with Gasteiger partial charge in [0.15, 0.2) is 0 Å². The van der Waals surface area contributed by atoms with E-state index in [1.54, 1.807) is 24.3 Å². The number of hydrogen-bond acceptors (Lipinski definition) is 4. The van der Waals surface area contributed by atoms with Gasteiger partial charge in [-0.05, 0) is 56.3 Å². The first-order valence-corrected chi connectivity index (χ1v) is 10.8. The third-order valence-electron chi connectivity index (χ3n) is 4.22. The molecular formula is C19H21BrN2O4S. The number of hydrogen-bond donors (Lipinski definition) is 1. The van der Waals surface area contributed by atoms with Gasteiger partial charge in [0.2, 0.25) is 10.0 Å². The molecule has 6 nitrogen and oxygen atoms in total. The van der Waals surface area contributed by atoms with Crippen molar-refractivity contribution in [3.63, 3.8) is 0 Å². The van der Waals surface area contributed by atoms with Crippen LogP contribution in [0.25, 0.3) is 0 Å². The maximum Gasteiger partial charge on any atom is 0.255 e. The Morgan fingerprint density at radius 1 is 1.11 bits per heavy atom. The molecule has 144 valence electrons. The lowest BCUT2D eigenvalue weighted by Crippen LogP contribution is -2.48. The molecule has 8 heteroatoms. The predicted molar refractivity (Wildman–Crippen MR) is 107 cm³/mol. The summed E-state index contributed by atoms with van der Waals surface area (Å²) in [5.74, 6) is -0.363. The fourth-order valence-electron chi connectivity index (χ4n) is 3.01. The number of ether oxygens (including phenoxy) is 1. The van der Waals surface area contributed by atoms with Crippen molar-refractivity contribution in [3.8, 4) is 0 Å². The highest BCUT2D eigenvalue weighted by molar-refractivity contribution is 9.10. The van der Waals surface area contributed by atoms with Crippen LogP contribution < -0.4 is 5.32 Å². The topological polar surface area (TPSA) is 75.7 Å². The highest BCUT2D eigenvalue weighted by Gasteiger charge is 2.32. The molecule has 1 aliphatic heterocycles. The summed E-state index contributed by atoms with van der Waals surface area (Å²) >= 11 is 3.34. The Morgan fingerprint density at radius 3 is 2.37 bits per heavy atom. The summed E-state index contributed by atoms with van der Waals surface area (Å²) in [5.41, 5.74) is 0.917. The minimum Gasteiger partial charge on any atom is -0.373 e. The number of morpholine rings is 1. The van der Waals surface area contributed by atoms with Crippen LogP contribution in [-0.2, 0) is 14.8 Å². The van der Waals surface area contributed by atoms with E-state index in [4.69, 9.17) is 4.74 Å². The Morgan fingerprint density at radius 2 is 1.74 bits per heavy atom. The number of sulfonamides is 1. The van der Waals surface area contributed by atoms with Crippen LogP contribution in [0, 0.1) is 0 Å². The minimum absolute atomic E-state index is 0.104. The molecule has 0 aliphatic carbocycles. The van der Waals surface area contributed by atoms with Gasteiger partial charge in [0, 0.05) is 28.8 Å². The third kappa shape index (κ3) is 4.76. The summed E-state index contributed by atoms with van der Waals surface area (Å²) in [7, 11) is -3.70. The largest absolute Gasteiger partial charge is 0.373 e. The van der Waals surface area contributed by atoms with Gasteiger partial charge in [-0.2, -0.15) is 4.31 Å². The monoisotopic (exact) mass is 452 g/mol. The first kappa shape index (κ1) is 20.0. The molecule has 1 N–H and O–H groups in total. The first-order valence-electron chi connectivity index (χ1n) is 8.58. The number of carbonyl (C=O) groups excluding carboxylic acids is 1. The molecule has 3 rings (SSSR count). The van der Waals surface area contributed by atoms with Gasteiger partial charge in [-0.25, -0.2) is 8.42 Å². The van der Waals surface area contributed by atoms with Crippen LogP contribution in [0.2, 0.25) is 0 Å². The molecule has 1 heterocycles. The molecule has 1 saturated heterocycles. The molecule has 0 radical (unpaired) electrons. The molecule has 0 saturated carbocycles. The molecule has 1 amide bonds. The van der Waals surface area contributed by atoms with Crippen LogP contribution in [0.4, 0.5) is 5.69 Å². The minimum atomic E-state index is -3.70. The van der Waals surface area contributed by atoms with Crippen molar-refractivity contribution in [2.75, 3.05) is 18.4 Å². The fourth-order valence-corrected chi connectivity index (χ4v) is 4.91. The van der Waals surface area contributed by atoms with Gasteiger partial charge in [-0.15, -0.1) is 0 Å². The van der Waals surface area contributed by atoms with E-state index in [1.165, 1.54) is 16.4 Å². The maximum absolute atomic E-state index is 13.0. The summed E-state index contributed by atoms with van der Waals surface area (Å²) in [5, 5.41) is 2.77. The third-order valence-corrected chi connectivity index (χ3v) is 6.58. The quantitative estimate of drug-likeness (QED) is 0.769. The predicted octanol–water partition coefficient (Wildman–Crippen LogP) is 3.50. The van der Waals surface area contributed by atoms with E-state index in [-0.39, 0.29) is 28.6 Å². The number of amides is 1. The molecule has 2 aromatic carbocycles. The van der Waals surface area contributed by atoms with Gasteiger partial charge in [-0.3, -0.25) is 4.79 Å². The molecule has 2 atom stereocenters. The number of anilines is 1. The van der Waals surface area contributed by atoms with E-state index < -0.39 is 10.0 Å². The van der Waals surface area contributed by atoms with Crippen molar-refractivity contribution in [1.29, 1.82) is 0 Å². The van der Waals surface area contributed by atoms with E-state index in [2.05, 4.69) is 21.2 Å². The van der Waals surface area contributed by atoms with Gasteiger partial charge >= 0.3 is 0 Å². The smallest absolute Gasteiger partial charge is 0.255 e. The van der Waals surface area contributed by atoms with Gasteiger partial charge in [0.1, 0.15) is 0 Å². The molecule has 0 aromatic heterocycles. The average Bonchev–Trinajstić information content (AvgIpc) is 2.63. The van der Waals surface area contributed by atoms with Gasteiger partial charge in [0.05, 0.1) is 17.1 Å². The van der Waals surface area contributed by atoms with Gasteiger partial charge in [-0.1, -0.05) is 22.0 Å². The number of benzene rings is 2. The number of halogens is 1. The number of nitrogens with zero attached hydrogens (tertiary/aromatic N) is 1. The Labute approximate surface area is 167 Å². The molecule has 2 unspecified atom stereocenters. The first-order chi connectivity index (χ1) is 12.8. The zero-order chi connectivity index (χ0) is 19.6. The standard InChI is InChI=1S/C19H21BrN2O4S/c1-13-11-22(12-14(2)26-13)27(24,25)18-5-3-4-15(10-18)19(23)21-17-8-6-16(20)7-9-17/h3-10,13-14H,11-12H2,1-2H3,(H,21,23). The summed E-state index contributed by atoms with van der Waals surface area (Å²) in [4.78, 5) is 12.6. The lowest BCUT2D eigenvalue weighted by Gasteiger charge is -2.34. The Bertz CT molecular complexity index is 921. The van der Waals surface area contributed by atoms with Crippen LogP contribution in [0.5, 0.6) is 0 Å². The van der Waals surface area contributed by atoms with Crippen LogP contribution in [0.3, 0.4) is 0 Å². The normalized spacial score (nSPS) is 21.0. The summed E-state index contributed by atoms with van der Waals surface area (Å²) in [6, 6.07) is 13.3. The van der Waals surface area contributed by atoms with E-state index in [9.17, 15) is 13.2 Å². The van der Waals surface area contributed by atoms with Crippen LogP contribution in [0.1, 0.15) is 24.2 Å². The maximum atomic E-state index is 13.0. The Kier molecular flexibility index (Phi) is 6.00. The second-order valence-electron chi connectivity index (χ2n) is 6.57. The van der Waals surface area contributed by atoms with E-state index in [0.29, 0.717) is 18.8 Å². The fraction of sp³-hybridized carbons (Fsp3) is 0.316. The van der Waals surface area contributed by atoms with Gasteiger partial charge < -0.3 is 10.1 Å². The van der Waals surface area contributed by atoms with Crippen molar-refractivity contribution >= 4 is 37.5 Å². The zero-order valence-electron chi connectivity index (χ0n) is 15.1. The second kappa shape index (κ2) is 8.10. The van der Waals surface area contributed by atoms with Crippen molar-refractivity contribution in [2.45, 2.75) is 31.0 Å². The Balaban J connectivity index is 1.82. The summed E-state index contributed by atoms with van der Waals surface area (Å²) < 4.78 is 33.9.